The second kappa shape index (κ2) is 10.6. The number of carbonyl (C=O) groups excluding carboxylic acids is 4. The summed E-state index contributed by atoms with van der Waals surface area (Å²) >= 11 is 0. The molecule has 28 heavy (non-hydrogen) atoms. The van der Waals surface area contributed by atoms with Gasteiger partial charge in [-0.2, -0.15) is 0 Å². The smallest absolute Gasteiger partial charge is 0.322 e. The van der Waals surface area contributed by atoms with E-state index in [0.717, 1.165) is 0 Å². The van der Waals surface area contributed by atoms with Gasteiger partial charge < -0.3 is 37.2 Å². The predicted octanol–water partition coefficient (Wildman–Crippen LogP) is -3.36. The number of likely N-dealkylation sites (tertiary alicyclic amines) is 1. The maximum atomic E-state index is 12.9. The lowest BCUT2D eigenvalue weighted by Crippen LogP contribution is -2.57. The molecule has 0 aromatic rings. The van der Waals surface area contributed by atoms with Crippen LogP contribution in [0.2, 0.25) is 0 Å². The number of rotatable bonds is 10. The van der Waals surface area contributed by atoms with Crippen LogP contribution in [0.4, 0.5) is 0 Å². The average Bonchev–Trinajstić information content (AvgIpc) is 3.11. The fourth-order valence-electron chi connectivity index (χ4n) is 2.81. The number of carboxylic acid groups (broad SMARTS) is 1. The molecule has 158 valence electrons. The van der Waals surface area contributed by atoms with E-state index in [4.69, 9.17) is 16.6 Å². The first-order valence-corrected chi connectivity index (χ1v) is 8.87. The van der Waals surface area contributed by atoms with E-state index in [1.807, 2.05) is 0 Å². The van der Waals surface area contributed by atoms with Crippen LogP contribution in [0, 0.1) is 0 Å². The molecule has 1 rings (SSSR count). The van der Waals surface area contributed by atoms with E-state index in [0.29, 0.717) is 12.8 Å². The molecule has 0 bridgehead atoms. The van der Waals surface area contributed by atoms with Crippen molar-refractivity contribution in [1.82, 2.24) is 15.5 Å². The Balaban J connectivity index is 2.90. The number of nitrogens with two attached hydrogens (primary N) is 2. The van der Waals surface area contributed by atoms with Crippen LogP contribution in [0.15, 0.2) is 0 Å². The standard InChI is InChI=1S/C16H27N5O7/c1-8(22)13(18)15(27)20-9(4-5-11(17)23)16(28)21-6-2-3-10(21)14(26)19-7-12(24)25/h8-10,13,22H,2-7,18H2,1H3,(H2,17,23)(H,19,26)(H,20,27)(H,24,25). The zero-order valence-electron chi connectivity index (χ0n) is 15.6. The molecule has 1 fully saturated rings. The molecule has 1 heterocycles. The number of amides is 4. The van der Waals surface area contributed by atoms with Gasteiger partial charge in [0.25, 0.3) is 0 Å². The van der Waals surface area contributed by atoms with Crippen LogP contribution >= 0.6 is 0 Å². The predicted molar refractivity (Wildman–Crippen MR) is 95.4 cm³/mol. The molecule has 0 aliphatic carbocycles. The third-order valence-corrected chi connectivity index (χ3v) is 4.37. The molecule has 1 aliphatic rings. The molecule has 12 heteroatoms. The Hall–Kier alpha value is -2.73. The lowest BCUT2D eigenvalue weighted by molar-refractivity contribution is -0.143. The molecule has 4 unspecified atom stereocenters. The molecular weight excluding hydrogens is 374 g/mol. The van der Waals surface area contributed by atoms with Crippen molar-refractivity contribution >= 4 is 29.6 Å². The third kappa shape index (κ3) is 6.78. The van der Waals surface area contributed by atoms with Crippen molar-refractivity contribution < 1.29 is 34.2 Å². The van der Waals surface area contributed by atoms with Crippen molar-refractivity contribution in [3.8, 4) is 0 Å². The van der Waals surface area contributed by atoms with Crippen molar-refractivity contribution in [3.05, 3.63) is 0 Å². The minimum atomic E-state index is -1.28. The summed E-state index contributed by atoms with van der Waals surface area (Å²) in [7, 11) is 0. The fraction of sp³-hybridized carbons (Fsp3) is 0.688. The first-order chi connectivity index (χ1) is 13.0. The molecule has 0 aromatic heterocycles. The van der Waals surface area contributed by atoms with E-state index in [1.165, 1.54) is 11.8 Å². The number of aliphatic hydroxyl groups excluding tert-OH is 1. The van der Waals surface area contributed by atoms with Crippen LogP contribution in [0.1, 0.15) is 32.6 Å². The SMILES string of the molecule is CC(O)C(N)C(=O)NC(CCC(N)=O)C(=O)N1CCCC1C(=O)NCC(=O)O. The zero-order valence-corrected chi connectivity index (χ0v) is 15.6. The highest BCUT2D eigenvalue weighted by atomic mass is 16.4. The van der Waals surface area contributed by atoms with Gasteiger partial charge in [0.05, 0.1) is 6.10 Å². The number of primary amides is 1. The van der Waals surface area contributed by atoms with Gasteiger partial charge in [0.2, 0.25) is 23.6 Å². The monoisotopic (exact) mass is 401 g/mol. The van der Waals surface area contributed by atoms with Crippen molar-refractivity contribution in [2.24, 2.45) is 11.5 Å². The van der Waals surface area contributed by atoms with Crippen LogP contribution in [-0.2, 0) is 24.0 Å². The van der Waals surface area contributed by atoms with Crippen LogP contribution in [0.3, 0.4) is 0 Å². The third-order valence-electron chi connectivity index (χ3n) is 4.37. The van der Waals surface area contributed by atoms with Crippen LogP contribution < -0.4 is 22.1 Å². The van der Waals surface area contributed by atoms with E-state index in [2.05, 4.69) is 10.6 Å². The quantitative estimate of drug-likeness (QED) is 0.217. The second-order valence-corrected chi connectivity index (χ2v) is 6.63. The van der Waals surface area contributed by atoms with E-state index in [1.54, 1.807) is 0 Å². The Bertz CT molecular complexity index is 625. The molecule has 4 amide bonds. The minimum Gasteiger partial charge on any atom is -0.480 e. The molecule has 1 aliphatic heterocycles. The van der Waals surface area contributed by atoms with E-state index >= 15 is 0 Å². The molecule has 0 aromatic carbocycles. The van der Waals surface area contributed by atoms with Crippen molar-refractivity contribution in [2.45, 2.75) is 56.8 Å². The number of aliphatic hydroxyl groups is 1. The van der Waals surface area contributed by atoms with Crippen LogP contribution in [-0.4, -0.2) is 82.0 Å². The van der Waals surface area contributed by atoms with Gasteiger partial charge in [-0.05, 0) is 26.2 Å². The number of nitrogens with one attached hydrogen (secondary N) is 2. The summed E-state index contributed by atoms with van der Waals surface area (Å²) in [5.41, 5.74) is 10.7. The first kappa shape index (κ1) is 23.3. The molecule has 0 saturated carbocycles. The van der Waals surface area contributed by atoms with Gasteiger partial charge in [0.15, 0.2) is 0 Å². The maximum Gasteiger partial charge on any atom is 0.322 e. The van der Waals surface area contributed by atoms with Gasteiger partial charge in [-0.25, -0.2) is 0 Å². The van der Waals surface area contributed by atoms with Gasteiger partial charge in [0, 0.05) is 13.0 Å². The van der Waals surface area contributed by atoms with Gasteiger partial charge >= 0.3 is 5.97 Å². The molecule has 12 nitrogen and oxygen atoms in total. The summed E-state index contributed by atoms with van der Waals surface area (Å²) in [5.74, 6) is -3.91. The highest BCUT2D eigenvalue weighted by Gasteiger charge is 2.38. The van der Waals surface area contributed by atoms with Crippen LogP contribution in [0.25, 0.3) is 0 Å². The molecule has 1 saturated heterocycles. The molecule has 0 spiro atoms. The number of carboxylic acids is 1. The Morgan fingerprint density at radius 2 is 1.89 bits per heavy atom. The summed E-state index contributed by atoms with van der Waals surface area (Å²) in [4.78, 5) is 60.2. The number of hydrogen-bond acceptors (Lipinski definition) is 7. The summed E-state index contributed by atoms with van der Waals surface area (Å²) in [5, 5.41) is 22.7. The maximum absolute atomic E-state index is 12.9. The van der Waals surface area contributed by atoms with Crippen molar-refractivity contribution in [1.29, 1.82) is 0 Å². The molecular formula is C16H27N5O7. The fourth-order valence-corrected chi connectivity index (χ4v) is 2.81. The van der Waals surface area contributed by atoms with Crippen molar-refractivity contribution in [3.63, 3.8) is 0 Å². The lowest BCUT2D eigenvalue weighted by Gasteiger charge is -2.29. The first-order valence-electron chi connectivity index (χ1n) is 8.87. The van der Waals surface area contributed by atoms with Gasteiger partial charge in [-0.15, -0.1) is 0 Å². The Kier molecular flexibility index (Phi) is 8.79. The largest absolute Gasteiger partial charge is 0.480 e. The lowest BCUT2D eigenvalue weighted by atomic mass is 10.1. The second-order valence-electron chi connectivity index (χ2n) is 6.63. The van der Waals surface area contributed by atoms with Gasteiger partial charge in [-0.1, -0.05) is 0 Å². The van der Waals surface area contributed by atoms with E-state index in [9.17, 15) is 29.1 Å². The zero-order chi connectivity index (χ0) is 21.4. The van der Waals surface area contributed by atoms with Crippen LogP contribution in [0.5, 0.6) is 0 Å². The highest BCUT2D eigenvalue weighted by molar-refractivity contribution is 5.94. The normalized spacial score (nSPS) is 19.4. The van der Waals surface area contributed by atoms with E-state index in [-0.39, 0.29) is 19.4 Å². The Labute approximate surface area is 161 Å². The summed E-state index contributed by atoms with van der Waals surface area (Å²) in [6.07, 6.45) is -0.605. The van der Waals surface area contributed by atoms with Gasteiger partial charge in [-0.3, -0.25) is 24.0 Å². The van der Waals surface area contributed by atoms with Crippen molar-refractivity contribution in [2.75, 3.05) is 13.1 Å². The molecule has 8 N–H and O–H groups in total. The number of hydrogen-bond donors (Lipinski definition) is 6. The highest BCUT2D eigenvalue weighted by Crippen LogP contribution is 2.19. The molecule has 0 radical (unpaired) electrons. The molecule has 4 atom stereocenters. The summed E-state index contributed by atoms with van der Waals surface area (Å²) in [6.45, 7) is 0.964. The Morgan fingerprint density at radius 3 is 2.43 bits per heavy atom. The van der Waals surface area contributed by atoms with Gasteiger partial charge in [0.1, 0.15) is 24.7 Å². The average molecular weight is 401 g/mol. The number of nitrogens with zero attached hydrogens (tertiary/aromatic N) is 1. The summed E-state index contributed by atoms with van der Waals surface area (Å²) in [6, 6.07) is -3.33. The number of aliphatic carboxylic acids is 1. The number of carbonyl (C=O) groups is 5. The van der Waals surface area contributed by atoms with E-state index < -0.39 is 60.4 Å². The Morgan fingerprint density at radius 1 is 1.25 bits per heavy atom. The summed E-state index contributed by atoms with van der Waals surface area (Å²) < 4.78 is 0. The minimum absolute atomic E-state index is 0.105. The topological polar surface area (TPSA) is 205 Å².